The lowest BCUT2D eigenvalue weighted by Crippen LogP contribution is -2.25. The lowest BCUT2D eigenvalue weighted by atomic mass is 9.97. The number of benzene rings is 1. The highest BCUT2D eigenvalue weighted by molar-refractivity contribution is 5.81. The molecule has 0 aromatic heterocycles. The Balaban J connectivity index is 3.23. The van der Waals surface area contributed by atoms with Gasteiger partial charge in [-0.3, -0.25) is 4.79 Å². The highest BCUT2D eigenvalue weighted by atomic mass is 19.1. The molecule has 5 heteroatoms. The van der Waals surface area contributed by atoms with Crippen molar-refractivity contribution in [3.8, 4) is 0 Å². The van der Waals surface area contributed by atoms with E-state index in [0.717, 1.165) is 0 Å². The number of esters is 1. The second-order valence-corrected chi connectivity index (χ2v) is 3.91. The SMILES string of the molecule is COC(=O)C(CN)c1ccc(F)cc1N(C)C. The van der Waals surface area contributed by atoms with Crippen molar-refractivity contribution in [2.75, 3.05) is 32.6 Å². The Kier molecular flexibility index (Phi) is 4.45. The summed E-state index contributed by atoms with van der Waals surface area (Å²) in [4.78, 5) is 13.3. The van der Waals surface area contributed by atoms with Crippen molar-refractivity contribution in [3.05, 3.63) is 29.6 Å². The van der Waals surface area contributed by atoms with E-state index in [1.165, 1.54) is 19.2 Å². The average molecular weight is 240 g/mol. The van der Waals surface area contributed by atoms with Crippen LogP contribution in [-0.2, 0) is 9.53 Å². The van der Waals surface area contributed by atoms with Crippen molar-refractivity contribution in [3.63, 3.8) is 0 Å². The molecule has 0 radical (unpaired) electrons. The molecule has 0 aliphatic rings. The van der Waals surface area contributed by atoms with Gasteiger partial charge in [-0.1, -0.05) is 6.07 Å². The maximum absolute atomic E-state index is 13.2. The first kappa shape index (κ1) is 13.4. The molecule has 2 N–H and O–H groups in total. The molecule has 0 spiro atoms. The predicted octanol–water partition coefficient (Wildman–Crippen LogP) is 1.11. The highest BCUT2D eigenvalue weighted by Crippen LogP contribution is 2.27. The van der Waals surface area contributed by atoms with Crippen LogP contribution in [0.4, 0.5) is 10.1 Å². The van der Waals surface area contributed by atoms with Crippen LogP contribution < -0.4 is 10.6 Å². The molecule has 0 aliphatic carbocycles. The number of ether oxygens (including phenoxy) is 1. The Labute approximate surface area is 100 Å². The summed E-state index contributed by atoms with van der Waals surface area (Å²) in [6.07, 6.45) is 0. The van der Waals surface area contributed by atoms with Crippen LogP contribution in [0.1, 0.15) is 11.5 Å². The molecule has 0 bridgehead atoms. The zero-order valence-electron chi connectivity index (χ0n) is 10.2. The number of nitrogens with zero attached hydrogens (tertiary/aromatic N) is 1. The Morgan fingerprint density at radius 3 is 2.65 bits per heavy atom. The molecule has 1 rings (SSSR count). The molecule has 0 fully saturated rings. The van der Waals surface area contributed by atoms with Crippen LogP contribution in [0.25, 0.3) is 0 Å². The predicted molar refractivity (Wildman–Crippen MR) is 64.5 cm³/mol. The summed E-state index contributed by atoms with van der Waals surface area (Å²) in [6, 6.07) is 4.26. The molecule has 94 valence electrons. The van der Waals surface area contributed by atoms with Gasteiger partial charge in [0.1, 0.15) is 5.82 Å². The maximum Gasteiger partial charge on any atom is 0.314 e. The molecule has 1 atom stereocenters. The van der Waals surface area contributed by atoms with Gasteiger partial charge in [-0.15, -0.1) is 0 Å². The first-order chi connectivity index (χ1) is 8.01. The van der Waals surface area contributed by atoms with Gasteiger partial charge in [-0.05, 0) is 17.7 Å². The average Bonchev–Trinajstić information content (AvgIpc) is 2.31. The molecule has 0 saturated carbocycles. The van der Waals surface area contributed by atoms with E-state index < -0.39 is 11.9 Å². The van der Waals surface area contributed by atoms with E-state index in [1.807, 2.05) is 0 Å². The zero-order valence-corrected chi connectivity index (χ0v) is 10.2. The molecule has 17 heavy (non-hydrogen) atoms. The summed E-state index contributed by atoms with van der Waals surface area (Å²) < 4.78 is 17.9. The fourth-order valence-electron chi connectivity index (χ4n) is 1.69. The number of carbonyl (C=O) groups is 1. The summed E-state index contributed by atoms with van der Waals surface area (Å²) in [5.41, 5.74) is 6.88. The van der Waals surface area contributed by atoms with E-state index >= 15 is 0 Å². The Bertz CT molecular complexity index is 407. The Hall–Kier alpha value is -1.62. The molecule has 0 aliphatic heterocycles. The number of hydrogen-bond donors (Lipinski definition) is 1. The third-order valence-electron chi connectivity index (χ3n) is 2.57. The number of methoxy groups -OCH3 is 1. The van der Waals surface area contributed by atoms with Gasteiger partial charge in [0.2, 0.25) is 0 Å². The van der Waals surface area contributed by atoms with Crippen LogP contribution in [0.3, 0.4) is 0 Å². The first-order valence-electron chi connectivity index (χ1n) is 5.26. The molecule has 0 heterocycles. The van der Waals surface area contributed by atoms with Gasteiger partial charge < -0.3 is 15.4 Å². The van der Waals surface area contributed by atoms with Crippen molar-refractivity contribution < 1.29 is 13.9 Å². The number of anilines is 1. The van der Waals surface area contributed by atoms with Gasteiger partial charge in [0.25, 0.3) is 0 Å². The number of carbonyl (C=O) groups excluding carboxylic acids is 1. The standard InChI is InChI=1S/C12H17FN2O2/c1-15(2)11-6-8(13)4-5-9(11)10(7-14)12(16)17-3/h4-6,10H,7,14H2,1-3H3. The smallest absolute Gasteiger partial charge is 0.314 e. The molecule has 1 aromatic rings. The Morgan fingerprint density at radius 2 is 2.18 bits per heavy atom. The summed E-state index contributed by atoms with van der Waals surface area (Å²) >= 11 is 0. The van der Waals surface area contributed by atoms with Gasteiger partial charge in [0.05, 0.1) is 13.0 Å². The lowest BCUT2D eigenvalue weighted by molar-refractivity contribution is -0.142. The third kappa shape index (κ3) is 2.94. The van der Waals surface area contributed by atoms with Crippen LogP contribution in [0.15, 0.2) is 18.2 Å². The van der Waals surface area contributed by atoms with Crippen molar-refractivity contribution >= 4 is 11.7 Å². The van der Waals surface area contributed by atoms with Crippen molar-refractivity contribution in [1.82, 2.24) is 0 Å². The van der Waals surface area contributed by atoms with Crippen LogP contribution >= 0.6 is 0 Å². The second kappa shape index (κ2) is 5.63. The molecule has 4 nitrogen and oxygen atoms in total. The van der Waals surface area contributed by atoms with Crippen LogP contribution in [0, 0.1) is 5.82 Å². The van der Waals surface area contributed by atoms with Gasteiger partial charge >= 0.3 is 5.97 Å². The Morgan fingerprint density at radius 1 is 1.53 bits per heavy atom. The monoisotopic (exact) mass is 240 g/mol. The lowest BCUT2D eigenvalue weighted by Gasteiger charge is -2.21. The number of halogens is 1. The summed E-state index contributed by atoms with van der Waals surface area (Å²) in [6.45, 7) is 0.124. The van der Waals surface area contributed by atoms with Gasteiger partial charge in [-0.2, -0.15) is 0 Å². The largest absolute Gasteiger partial charge is 0.469 e. The molecule has 1 unspecified atom stereocenters. The molecular weight excluding hydrogens is 223 g/mol. The van der Waals surface area contributed by atoms with Crippen molar-refractivity contribution in [2.24, 2.45) is 5.73 Å². The van der Waals surface area contributed by atoms with E-state index in [2.05, 4.69) is 0 Å². The van der Waals surface area contributed by atoms with E-state index in [9.17, 15) is 9.18 Å². The number of nitrogens with two attached hydrogens (primary N) is 1. The van der Waals surface area contributed by atoms with Crippen LogP contribution in [-0.4, -0.2) is 33.7 Å². The number of rotatable bonds is 4. The molecule has 0 saturated heterocycles. The molecular formula is C12H17FN2O2. The quantitative estimate of drug-likeness (QED) is 0.801. The van der Waals surface area contributed by atoms with Crippen LogP contribution in [0.2, 0.25) is 0 Å². The topological polar surface area (TPSA) is 55.6 Å². The minimum Gasteiger partial charge on any atom is -0.469 e. The molecule has 0 amide bonds. The normalized spacial score (nSPS) is 12.1. The fraction of sp³-hybridized carbons (Fsp3) is 0.417. The summed E-state index contributed by atoms with van der Waals surface area (Å²) in [7, 11) is 4.87. The first-order valence-corrected chi connectivity index (χ1v) is 5.26. The van der Waals surface area contributed by atoms with E-state index in [4.69, 9.17) is 10.5 Å². The summed E-state index contributed by atoms with van der Waals surface area (Å²) in [5.74, 6) is -1.33. The third-order valence-corrected chi connectivity index (χ3v) is 2.57. The van der Waals surface area contributed by atoms with Gasteiger partial charge in [-0.25, -0.2) is 4.39 Å². The van der Waals surface area contributed by atoms with E-state index in [-0.39, 0.29) is 12.4 Å². The summed E-state index contributed by atoms with van der Waals surface area (Å²) in [5, 5.41) is 0. The van der Waals surface area contributed by atoms with Gasteiger partial charge in [0, 0.05) is 26.3 Å². The van der Waals surface area contributed by atoms with Crippen molar-refractivity contribution in [2.45, 2.75) is 5.92 Å². The second-order valence-electron chi connectivity index (χ2n) is 3.91. The zero-order chi connectivity index (χ0) is 13.0. The highest BCUT2D eigenvalue weighted by Gasteiger charge is 2.23. The molecule has 1 aromatic carbocycles. The fourth-order valence-corrected chi connectivity index (χ4v) is 1.69. The van der Waals surface area contributed by atoms with E-state index in [0.29, 0.717) is 11.3 Å². The van der Waals surface area contributed by atoms with Crippen LogP contribution in [0.5, 0.6) is 0 Å². The minimum absolute atomic E-state index is 0.124. The minimum atomic E-state index is -0.571. The van der Waals surface area contributed by atoms with E-state index in [1.54, 1.807) is 25.1 Å². The van der Waals surface area contributed by atoms with Crippen molar-refractivity contribution in [1.29, 1.82) is 0 Å². The van der Waals surface area contributed by atoms with Gasteiger partial charge in [0.15, 0.2) is 0 Å². The number of hydrogen-bond acceptors (Lipinski definition) is 4. The maximum atomic E-state index is 13.2.